The maximum Gasteiger partial charge on any atom is 0.243 e. The first-order valence-electron chi connectivity index (χ1n) is 10.1. The Morgan fingerprint density at radius 2 is 2.00 bits per heavy atom. The average molecular weight is 422 g/mol. The molecule has 1 saturated heterocycles. The number of nitrogens with one attached hydrogen (secondary N) is 2. The van der Waals surface area contributed by atoms with Gasteiger partial charge in [-0.1, -0.05) is 18.2 Å². The van der Waals surface area contributed by atoms with E-state index in [1.54, 1.807) is 37.9 Å². The number of likely N-dealkylation sites (N-methyl/N-ethyl adjacent to an activating group) is 1. The molecule has 1 unspecified atom stereocenters. The Kier molecular flexibility index (Phi) is 10.1. The number of thioether (sulfide) groups is 1. The normalized spacial score (nSPS) is 15.8. The van der Waals surface area contributed by atoms with E-state index in [0.717, 1.165) is 31.1 Å². The molecule has 0 spiro atoms. The molecule has 2 N–H and O–H groups in total. The van der Waals surface area contributed by atoms with E-state index in [1.165, 1.54) is 18.4 Å². The third-order valence-corrected chi connectivity index (χ3v) is 5.62. The summed E-state index contributed by atoms with van der Waals surface area (Å²) in [5.41, 5.74) is 1.18. The number of carbonyl (C=O) groups is 1. The fourth-order valence-corrected chi connectivity index (χ4v) is 3.66. The van der Waals surface area contributed by atoms with Gasteiger partial charge >= 0.3 is 0 Å². The number of rotatable bonds is 10. The summed E-state index contributed by atoms with van der Waals surface area (Å²) in [6, 6.07) is 8.39. The lowest BCUT2D eigenvalue weighted by atomic mass is 10.0. The Morgan fingerprint density at radius 3 is 2.66 bits per heavy atom. The van der Waals surface area contributed by atoms with Gasteiger partial charge in [-0.05, 0) is 38.3 Å². The molecule has 1 aliphatic rings. The van der Waals surface area contributed by atoms with Crippen molar-refractivity contribution in [2.24, 2.45) is 4.99 Å². The van der Waals surface area contributed by atoms with E-state index in [9.17, 15) is 4.79 Å². The highest BCUT2D eigenvalue weighted by Gasteiger charge is 2.26. The van der Waals surface area contributed by atoms with Crippen LogP contribution in [-0.2, 0) is 4.79 Å². The summed E-state index contributed by atoms with van der Waals surface area (Å²) in [7, 11) is 5.21. The predicted octanol–water partition coefficient (Wildman–Crippen LogP) is 1.82. The van der Waals surface area contributed by atoms with Crippen LogP contribution in [0.3, 0.4) is 0 Å². The zero-order valence-electron chi connectivity index (χ0n) is 18.1. The Bertz CT molecular complexity index is 662. The first kappa shape index (κ1) is 23.3. The highest BCUT2D eigenvalue weighted by atomic mass is 32.2. The van der Waals surface area contributed by atoms with Crippen LogP contribution in [0.15, 0.2) is 29.3 Å². The average Bonchev–Trinajstić information content (AvgIpc) is 3.26. The smallest absolute Gasteiger partial charge is 0.243 e. The summed E-state index contributed by atoms with van der Waals surface area (Å²) >= 11 is 1.77. The van der Waals surface area contributed by atoms with Gasteiger partial charge in [0.05, 0.1) is 13.2 Å². The SMILES string of the molecule is COc1ccccc1C(CNC(=NCC(=O)N(C)C)NCCSC)N1CCCC1. The molecule has 1 fully saturated rings. The Labute approximate surface area is 179 Å². The van der Waals surface area contributed by atoms with Gasteiger partial charge < -0.3 is 20.3 Å². The number of amides is 1. The van der Waals surface area contributed by atoms with Crippen molar-refractivity contribution in [3.63, 3.8) is 0 Å². The van der Waals surface area contributed by atoms with Gasteiger partial charge in [-0.2, -0.15) is 11.8 Å². The minimum Gasteiger partial charge on any atom is -0.496 e. The van der Waals surface area contributed by atoms with Crippen LogP contribution in [0.4, 0.5) is 0 Å². The third-order valence-electron chi connectivity index (χ3n) is 5.01. The second-order valence-corrected chi connectivity index (χ2v) is 8.24. The van der Waals surface area contributed by atoms with Crippen molar-refractivity contribution in [3.8, 4) is 5.75 Å². The summed E-state index contributed by atoms with van der Waals surface area (Å²) in [5, 5.41) is 6.80. The molecule has 7 nitrogen and oxygen atoms in total. The molecule has 8 heteroatoms. The zero-order valence-corrected chi connectivity index (χ0v) is 18.9. The number of ether oxygens (including phenoxy) is 1. The molecule has 0 bridgehead atoms. The van der Waals surface area contributed by atoms with Gasteiger partial charge in [0.25, 0.3) is 0 Å². The molecule has 1 atom stereocenters. The van der Waals surface area contributed by atoms with Crippen LogP contribution in [-0.4, -0.2) is 87.6 Å². The Hall–Kier alpha value is -1.93. The fourth-order valence-electron chi connectivity index (χ4n) is 3.36. The number of likely N-dealkylation sites (tertiary alicyclic amines) is 1. The van der Waals surface area contributed by atoms with E-state index in [-0.39, 0.29) is 18.5 Å². The number of nitrogens with zero attached hydrogens (tertiary/aromatic N) is 3. The molecule has 29 heavy (non-hydrogen) atoms. The van der Waals surface area contributed by atoms with Crippen molar-refractivity contribution in [2.45, 2.75) is 18.9 Å². The second-order valence-electron chi connectivity index (χ2n) is 7.25. The first-order chi connectivity index (χ1) is 14.1. The predicted molar refractivity (Wildman–Crippen MR) is 122 cm³/mol. The number of hydrogen-bond acceptors (Lipinski definition) is 5. The minimum absolute atomic E-state index is 0.0169. The molecular formula is C21H35N5O2S. The fraction of sp³-hybridized carbons (Fsp3) is 0.619. The molecule has 1 heterocycles. The van der Waals surface area contributed by atoms with E-state index in [4.69, 9.17) is 4.74 Å². The minimum atomic E-state index is -0.0169. The van der Waals surface area contributed by atoms with Crippen LogP contribution in [0.25, 0.3) is 0 Å². The first-order valence-corrected chi connectivity index (χ1v) is 11.5. The molecule has 0 aromatic heterocycles. The van der Waals surface area contributed by atoms with Gasteiger partial charge in [0.15, 0.2) is 5.96 Å². The van der Waals surface area contributed by atoms with Crippen molar-refractivity contribution in [1.29, 1.82) is 0 Å². The van der Waals surface area contributed by atoms with E-state index < -0.39 is 0 Å². The van der Waals surface area contributed by atoms with Crippen molar-refractivity contribution < 1.29 is 9.53 Å². The van der Waals surface area contributed by atoms with Crippen molar-refractivity contribution >= 4 is 23.6 Å². The van der Waals surface area contributed by atoms with E-state index in [2.05, 4.69) is 38.9 Å². The van der Waals surface area contributed by atoms with E-state index in [1.807, 2.05) is 12.1 Å². The molecule has 0 saturated carbocycles. The highest BCUT2D eigenvalue weighted by molar-refractivity contribution is 7.98. The number of guanidine groups is 1. The molecular weight excluding hydrogens is 386 g/mol. The van der Waals surface area contributed by atoms with Crippen molar-refractivity contribution in [3.05, 3.63) is 29.8 Å². The monoisotopic (exact) mass is 421 g/mol. The van der Waals surface area contributed by atoms with Gasteiger partial charge in [-0.3, -0.25) is 9.69 Å². The lowest BCUT2D eigenvalue weighted by Gasteiger charge is -2.30. The summed E-state index contributed by atoms with van der Waals surface area (Å²) in [6.07, 6.45) is 4.51. The van der Waals surface area contributed by atoms with Crippen LogP contribution >= 0.6 is 11.8 Å². The molecule has 1 aromatic carbocycles. The molecule has 162 valence electrons. The molecule has 2 rings (SSSR count). The molecule has 0 radical (unpaired) electrons. The number of benzene rings is 1. The second kappa shape index (κ2) is 12.6. The Balaban J connectivity index is 2.13. The maximum atomic E-state index is 12.0. The highest BCUT2D eigenvalue weighted by Crippen LogP contribution is 2.31. The van der Waals surface area contributed by atoms with E-state index in [0.29, 0.717) is 12.5 Å². The molecule has 0 aliphatic carbocycles. The van der Waals surface area contributed by atoms with Crippen molar-refractivity contribution in [1.82, 2.24) is 20.4 Å². The molecule has 1 aliphatic heterocycles. The molecule has 1 amide bonds. The van der Waals surface area contributed by atoms with Crippen molar-refractivity contribution in [2.75, 3.05) is 65.9 Å². The Morgan fingerprint density at radius 1 is 1.28 bits per heavy atom. The quantitative estimate of drug-likeness (QED) is 0.341. The molecule has 1 aromatic rings. The summed E-state index contributed by atoms with van der Waals surface area (Å²) in [4.78, 5) is 20.5. The van der Waals surface area contributed by atoms with Crippen LogP contribution in [0.2, 0.25) is 0 Å². The number of carbonyl (C=O) groups excluding carboxylic acids is 1. The number of aliphatic imine (C=N–C) groups is 1. The standard InChI is InChI=1S/C21H35N5O2S/c1-25(2)20(27)16-24-21(22-11-14-29-4)23-15-18(26-12-7-8-13-26)17-9-5-6-10-19(17)28-3/h5-6,9-10,18H,7-8,11-16H2,1-4H3,(H2,22,23,24). The third kappa shape index (κ3) is 7.44. The van der Waals surface area contributed by atoms with Crippen LogP contribution < -0.4 is 15.4 Å². The van der Waals surface area contributed by atoms with Gasteiger partial charge in [-0.15, -0.1) is 0 Å². The maximum absolute atomic E-state index is 12.0. The summed E-state index contributed by atoms with van der Waals surface area (Å²) < 4.78 is 5.62. The number of para-hydroxylation sites is 1. The summed E-state index contributed by atoms with van der Waals surface area (Å²) in [6.45, 7) is 3.78. The van der Waals surface area contributed by atoms with Gasteiger partial charge in [0.2, 0.25) is 5.91 Å². The number of hydrogen-bond donors (Lipinski definition) is 2. The van der Waals surface area contributed by atoms with Crippen LogP contribution in [0.5, 0.6) is 5.75 Å². The lowest BCUT2D eigenvalue weighted by molar-refractivity contribution is -0.127. The zero-order chi connectivity index (χ0) is 21.1. The van der Waals surface area contributed by atoms with Crippen LogP contribution in [0, 0.1) is 0 Å². The van der Waals surface area contributed by atoms with Crippen LogP contribution in [0.1, 0.15) is 24.4 Å². The summed E-state index contributed by atoms with van der Waals surface area (Å²) in [5.74, 6) is 2.54. The van der Waals surface area contributed by atoms with Gasteiger partial charge in [0.1, 0.15) is 12.3 Å². The topological polar surface area (TPSA) is 69.2 Å². The van der Waals surface area contributed by atoms with Gasteiger partial charge in [0, 0.05) is 38.5 Å². The largest absolute Gasteiger partial charge is 0.496 e. The number of methoxy groups -OCH3 is 1. The van der Waals surface area contributed by atoms with E-state index >= 15 is 0 Å². The lowest BCUT2D eigenvalue weighted by Crippen LogP contribution is -2.44. The van der Waals surface area contributed by atoms with Gasteiger partial charge in [-0.25, -0.2) is 4.99 Å².